The van der Waals surface area contributed by atoms with E-state index in [0.29, 0.717) is 5.75 Å². The molecule has 2 aromatic carbocycles. The van der Waals surface area contributed by atoms with Crippen LogP contribution in [-0.2, 0) is 6.42 Å². The maximum atomic E-state index is 9.35. The summed E-state index contributed by atoms with van der Waals surface area (Å²) in [4.78, 5) is 0. The highest BCUT2D eigenvalue weighted by molar-refractivity contribution is 5.60. The number of hydrogen-bond donors (Lipinski definition) is 2. The van der Waals surface area contributed by atoms with Crippen LogP contribution in [0.3, 0.4) is 0 Å². The van der Waals surface area contributed by atoms with Crippen LogP contribution < -0.4 is 5.32 Å². The zero-order valence-corrected chi connectivity index (χ0v) is 15.6. The van der Waals surface area contributed by atoms with Crippen LogP contribution in [0, 0.1) is 0 Å². The summed E-state index contributed by atoms with van der Waals surface area (Å²) < 4.78 is 0. The minimum absolute atomic E-state index is 0.296. The molecule has 0 saturated carbocycles. The van der Waals surface area contributed by atoms with Crippen molar-refractivity contribution < 1.29 is 5.11 Å². The van der Waals surface area contributed by atoms with E-state index in [1.807, 2.05) is 12.1 Å². The Balaban J connectivity index is 1.65. The zero-order chi connectivity index (χ0) is 17.7. The van der Waals surface area contributed by atoms with E-state index in [4.69, 9.17) is 0 Å². The van der Waals surface area contributed by atoms with E-state index < -0.39 is 0 Å². The molecule has 2 aromatic rings. The van der Waals surface area contributed by atoms with Gasteiger partial charge in [0.15, 0.2) is 0 Å². The van der Waals surface area contributed by atoms with Crippen molar-refractivity contribution in [3.63, 3.8) is 0 Å². The van der Waals surface area contributed by atoms with E-state index in [0.717, 1.165) is 17.8 Å². The van der Waals surface area contributed by atoms with Crippen LogP contribution in [0.25, 0.3) is 0 Å². The summed E-state index contributed by atoms with van der Waals surface area (Å²) in [6, 6.07) is 15.8. The van der Waals surface area contributed by atoms with Crippen molar-refractivity contribution in [1.29, 1.82) is 0 Å². The summed E-state index contributed by atoms with van der Waals surface area (Å²) in [5, 5.41) is 12.7. The molecule has 0 aliphatic heterocycles. The van der Waals surface area contributed by atoms with Gasteiger partial charge < -0.3 is 10.4 Å². The van der Waals surface area contributed by atoms with Gasteiger partial charge in [0.1, 0.15) is 5.75 Å². The molecule has 0 aliphatic carbocycles. The molecule has 0 saturated heterocycles. The van der Waals surface area contributed by atoms with Gasteiger partial charge in [-0.15, -0.1) is 0 Å². The quantitative estimate of drug-likeness (QED) is 0.316. The largest absolute Gasteiger partial charge is 0.508 e. The van der Waals surface area contributed by atoms with E-state index >= 15 is 0 Å². The number of anilines is 2. The molecule has 0 fully saturated rings. The smallest absolute Gasteiger partial charge is 0.115 e. The first kappa shape index (κ1) is 19.4. The van der Waals surface area contributed by atoms with Gasteiger partial charge in [-0.2, -0.15) is 0 Å². The Bertz CT molecular complexity index is 591. The molecule has 0 amide bonds. The SMILES string of the molecule is CCCCCCCCCCCc1cccc(Nc2ccc(O)cc2)c1. The molecule has 0 spiro atoms. The molecule has 0 heterocycles. The minimum Gasteiger partial charge on any atom is -0.508 e. The fourth-order valence-corrected chi connectivity index (χ4v) is 3.16. The van der Waals surface area contributed by atoms with E-state index in [1.54, 1.807) is 12.1 Å². The van der Waals surface area contributed by atoms with Crippen LogP contribution in [0.4, 0.5) is 11.4 Å². The van der Waals surface area contributed by atoms with Crippen molar-refractivity contribution in [3.05, 3.63) is 54.1 Å². The zero-order valence-electron chi connectivity index (χ0n) is 15.6. The van der Waals surface area contributed by atoms with Crippen molar-refractivity contribution in [3.8, 4) is 5.75 Å². The van der Waals surface area contributed by atoms with Gasteiger partial charge in [-0.1, -0.05) is 70.4 Å². The van der Waals surface area contributed by atoms with Gasteiger partial charge in [-0.3, -0.25) is 0 Å². The second-order valence-corrected chi connectivity index (χ2v) is 6.95. The maximum absolute atomic E-state index is 9.35. The molecule has 2 heteroatoms. The molecule has 25 heavy (non-hydrogen) atoms. The van der Waals surface area contributed by atoms with Crippen molar-refractivity contribution in [2.24, 2.45) is 0 Å². The lowest BCUT2D eigenvalue weighted by atomic mass is 10.0. The normalized spacial score (nSPS) is 10.8. The maximum Gasteiger partial charge on any atom is 0.115 e. The first-order valence-corrected chi connectivity index (χ1v) is 9.93. The summed E-state index contributed by atoms with van der Waals surface area (Å²) in [7, 11) is 0. The number of rotatable bonds is 12. The lowest BCUT2D eigenvalue weighted by Gasteiger charge is -2.09. The molecule has 0 radical (unpaired) electrons. The Morgan fingerprint density at radius 1 is 0.720 bits per heavy atom. The van der Waals surface area contributed by atoms with E-state index in [-0.39, 0.29) is 0 Å². The second kappa shape index (κ2) is 11.6. The second-order valence-electron chi connectivity index (χ2n) is 6.95. The molecule has 2 rings (SSSR count). The predicted octanol–water partition coefficient (Wildman–Crippen LogP) is 7.21. The van der Waals surface area contributed by atoms with Gasteiger partial charge in [0.05, 0.1) is 0 Å². The summed E-state index contributed by atoms with van der Waals surface area (Å²) in [5.74, 6) is 0.296. The van der Waals surface area contributed by atoms with Crippen molar-refractivity contribution in [2.75, 3.05) is 5.32 Å². The summed E-state index contributed by atoms with van der Waals surface area (Å²) in [5.41, 5.74) is 3.50. The van der Waals surface area contributed by atoms with Gasteiger partial charge in [-0.25, -0.2) is 0 Å². The van der Waals surface area contributed by atoms with Gasteiger partial charge in [0.25, 0.3) is 0 Å². The highest BCUT2D eigenvalue weighted by Crippen LogP contribution is 2.21. The Labute approximate surface area is 153 Å². The van der Waals surface area contributed by atoms with Crippen molar-refractivity contribution in [1.82, 2.24) is 0 Å². The fourth-order valence-electron chi connectivity index (χ4n) is 3.16. The molecule has 2 N–H and O–H groups in total. The van der Waals surface area contributed by atoms with Gasteiger partial charge in [0, 0.05) is 11.4 Å². The molecular weight excluding hydrogens is 306 g/mol. The third-order valence-electron chi connectivity index (χ3n) is 4.65. The lowest BCUT2D eigenvalue weighted by Crippen LogP contribution is -1.92. The average molecular weight is 340 g/mol. The topological polar surface area (TPSA) is 32.3 Å². The Hall–Kier alpha value is -1.96. The Kier molecular flexibility index (Phi) is 8.96. The Morgan fingerprint density at radius 3 is 2.04 bits per heavy atom. The number of benzene rings is 2. The number of phenols is 1. The first-order valence-electron chi connectivity index (χ1n) is 9.93. The summed E-state index contributed by atoms with van der Waals surface area (Å²) in [6.07, 6.45) is 13.5. The fraction of sp³-hybridized carbons (Fsp3) is 0.478. The van der Waals surface area contributed by atoms with Crippen molar-refractivity contribution in [2.45, 2.75) is 71.1 Å². The van der Waals surface area contributed by atoms with Crippen LogP contribution >= 0.6 is 0 Å². The number of aromatic hydroxyl groups is 1. The van der Waals surface area contributed by atoms with E-state index in [9.17, 15) is 5.11 Å². The molecule has 0 atom stereocenters. The van der Waals surface area contributed by atoms with Gasteiger partial charge in [0.2, 0.25) is 0 Å². The number of unbranched alkanes of at least 4 members (excludes halogenated alkanes) is 8. The van der Waals surface area contributed by atoms with Crippen molar-refractivity contribution >= 4 is 11.4 Å². The van der Waals surface area contributed by atoms with E-state index in [2.05, 4.69) is 36.5 Å². The standard InChI is InChI=1S/C23H33NO/c1-2-3-4-5-6-7-8-9-10-12-20-13-11-14-22(19-20)24-21-15-17-23(25)18-16-21/h11,13-19,24-25H,2-10,12H2,1H3. The highest BCUT2D eigenvalue weighted by atomic mass is 16.3. The average Bonchev–Trinajstić information content (AvgIpc) is 2.63. The summed E-state index contributed by atoms with van der Waals surface area (Å²) >= 11 is 0. The summed E-state index contributed by atoms with van der Waals surface area (Å²) in [6.45, 7) is 2.27. The Morgan fingerprint density at radius 2 is 1.36 bits per heavy atom. The molecule has 0 aliphatic rings. The minimum atomic E-state index is 0.296. The lowest BCUT2D eigenvalue weighted by molar-refractivity contribution is 0.475. The number of nitrogens with one attached hydrogen (secondary N) is 1. The molecule has 0 aromatic heterocycles. The highest BCUT2D eigenvalue weighted by Gasteiger charge is 1.99. The van der Waals surface area contributed by atoms with Gasteiger partial charge >= 0.3 is 0 Å². The van der Waals surface area contributed by atoms with Crippen LogP contribution in [0.5, 0.6) is 5.75 Å². The molecule has 136 valence electrons. The monoisotopic (exact) mass is 339 g/mol. The molecule has 0 unspecified atom stereocenters. The van der Waals surface area contributed by atoms with Crippen LogP contribution in [0.1, 0.15) is 70.3 Å². The number of hydrogen-bond acceptors (Lipinski definition) is 2. The van der Waals surface area contributed by atoms with Gasteiger partial charge in [-0.05, 0) is 54.8 Å². The molecule has 2 nitrogen and oxygen atoms in total. The number of aryl methyl sites for hydroxylation is 1. The third-order valence-corrected chi connectivity index (χ3v) is 4.65. The van der Waals surface area contributed by atoms with Crippen LogP contribution in [0.2, 0.25) is 0 Å². The third kappa shape index (κ3) is 8.11. The predicted molar refractivity (Wildman–Crippen MR) is 109 cm³/mol. The van der Waals surface area contributed by atoms with Crippen LogP contribution in [0.15, 0.2) is 48.5 Å². The van der Waals surface area contributed by atoms with Crippen LogP contribution in [-0.4, -0.2) is 5.11 Å². The molecular formula is C23H33NO. The molecule has 0 bridgehead atoms. The first-order chi connectivity index (χ1) is 12.3. The number of phenolic OH excluding ortho intramolecular Hbond substituents is 1. The van der Waals surface area contributed by atoms with E-state index in [1.165, 1.54) is 63.4 Å².